The Balaban J connectivity index is 1.47. The average Bonchev–Trinajstić information content (AvgIpc) is 3.23. The lowest BCUT2D eigenvalue weighted by Crippen LogP contribution is -2.41. The van der Waals surface area contributed by atoms with E-state index in [1.54, 1.807) is 26.3 Å². The minimum absolute atomic E-state index is 0.167. The molecule has 3 rings (SSSR count). The van der Waals surface area contributed by atoms with Gasteiger partial charge >= 0.3 is 0 Å². The van der Waals surface area contributed by atoms with Crippen LogP contribution in [-0.4, -0.2) is 42.5 Å². The molecule has 1 atom stereocenters. The Labute approximate surface area is 175 Å². The van der Waals surface area contributed by atoms with Crippen molar-refractivity contribution in [3.05, 3.63) is 72.3 Å². The molecule has 0 spiro atoms. The fourth-order valence-corrected chi connectivity index (χ4v) is 2.78. The van der Waals surface area contributed by atoms with Crippen molar-refractivity contribution in [3.63, 3.8) is 0 Å². The molecule has 0 saturated carbocycles. The number of nitrogens with one attached hydrogen (secondary N) is 2. The third-order valence-corrected chi connectivity index (χ3v) is 4.33. The van der Waals surface area contributed by atoms with E-state index < -0.39 is 0 Å². The van der Waals surface area contributed by atoms with Gasteiger partial charge in [-0.05, 0) is 49.4 Å². The van der Waals surface area contributed by atoms with Crippen LogP contribution < -0.4 is 20.1 Å². The Hall–Kier alpha value is -3.55. The summed E-state index contributed by atoms with van der Waals surface area (Å²) in [6.45, 7) is 2.93. The van der Waals surface area contributed by atoms with Crippen LogP contribution in [0.25, 0.3) is 5.69 Å². The Morgan fingerprint density at radius 2 is 1.93 bits per heavy atom. The predicted octanol–water partition coefficient (Wildman–Crippen LogP) is 3.15. The van der Waals surface area contributed by atoms with Crippen LogP contribution >= 0.6 is 0 Å². The van der Waals surface area contributed by atoms with E-state index in [0.717, 1.165) is 17.1 Å². The molecule has 0 aliphatic rings. The molecule has 158 valence electrons. The molecule has 2 N–H and O–H groups in total. The first kappa shape index (κ1) is 21.2. The van der Waals surface area contributed by atoms with Crippen molar-refractivity contribution in [2.45, 2.75) is 19.6 Å². The number of hydrogen-bond acceptors (Lipinski definition) is 4. The molecular formula is C22H26FN5O2. The summed E-state index contributed by atoms with van der Waals surface area (Å²) in [6, 6.07) is 15.7. The number of methoxy groups -OCH3 is 1. The van der Waals surface area contributed by atoms with E-state index in [-0.39, 0.29) is 11.9 Å². The molecule has 1 heterocycles. The van der Waals surface area contributed by atoms with Crippen molar-refractivity contribution in [1.29, 1.82) is 0 Å². The molecular weight excluding hydrogens is 385 g/mol. The minimum Gasteiger partial charge on any atom is -0.497 e. The molecule has 0 aliphatic carbocycles. The maximum atomic E-state index is 13.3. The van der Waals surface area contributed by atoms with Crippen LogP contribution in [0.2, 0.25) is 0 Å². The quantitative estimate of drug-likeness (QED) is 0.440. The summed E-state index contributed by atoms with van der Waals surface area (Å²) in [5, 5.41) is 11.0. The van der Waals surface area contributed by atoms with Gasteiger partial charge in [0.2, 0.25) is 0 Å². The highest BCUT2D eigenvalue weighted by Crippen LogP contribution is 2.15. The second-order valence-electron chi connectivity index (χ2n) is 6.64. The summed E-state index contributed by atoms with van der Waals surface area (Å²) < 4.78 is 26.0. The van der Waals surface area contributed by atoms with Crippen LogP contribution in [0.3, 0.4) is 0 Å². The average molecular weight is 411 g/mol. The molecule has 1 aromatic heterocycles. The number of aromatic nitrogens is 2. The van der Waals surface area contributed by atoms with Crippen molar-refractivity contribution < 1.29 is 13.9 Å². The second-order valence-corrected chi connectivity index (χ2v) is 6.64. The highest BCUT2D eigenvalue weighted by atomic mass is 19.1. The number of hydrogen-bond donors (Lipinski definition) is 2. The normalized spacial score (nSPS) is 12.3. The Morgan fingerprint density at radius 3 is 2.63 bits per heavy atom. The molecule has 0 bridgehead atoms. The van der Waals surface area contributed by atoms with Crippen molar-refractivity contribution >= 4 is 5.96 Å². The smallest absolute Gasteiger partial charge is 0.191 e. The van der Waals surface area contributed by atoms with Gasteiger partial charge in [0.05, 0.1) is 31.6 Å². The van der Waals surface area contributed by atoms with Gasteiger partial charge in [0, 0.05) is 19.3 Å². The summed E-state index contributed by atoms with van der Waals surface area (Å²) in [6.07, 6.45) is 1.74. The van der Waals surface area contributed by atoms with Crippen molar-refractivity contribution in [2.24, 2.45) is 4.99 Å². The fraction of sp³-hybridized carbons (Fsp3) is 0.273. The first-order chi connectivity index (χ1) is 14.6. The monoisotopic (exact) mass is 411 g/mol. The number of aliphatic imine (C=N–C) groups is 1. The van der Waals surface area contributed by atoms with Crippen LogP contribution in [0.1, 0.15) is 12.6 Å². The number of nitrogens with zero attached hydrogens (tertiary/aromatic N) is 3. The zero-order valence-corrected chi connectivity index (χ0v) is 17.3. The van der Waals surface area contributed by atoms with Crippen LogP contribution in [0.15, 0.2) is 65.8 Å². The molecule has 2 aromatic carbocycles. The Kier molecular flexibility index (Phi) is 7.26. The number of ether oxygens (including phenoxy) is 2. The van der Waals surface area contributed by atoms with Gasteiger partial charge in [-0.3, -0.25) is 4.99 Å². The molecule has 0 aliphatic heterocycles. The van der Waals surface area contributed by atoms with E-state index in [2.05, 4.69) is 20.7 Å². The van der Waals surface area contributed by atoms with Gasteiger partial charge in [0.1, 0.15) is 23.4 Å². The standard InChI is InChI=1S/C22H26FN5O2/c1-16(30-21-6-4-5-17(23)13-21)14-25-22(24-2)26-15-18-11-12-28(27-18)19-7-9-20(29-3)10-8-19/h4-13,16H,14-15H2,1-3H3,(H2,24,25,26). The van der Waals surface area contributed by atoms with Crippen LogP contribution in [0.4, 0.5) is 4.39 Å². The Morgan fingerprint density at radius 1 is 1.13 bits per heavy atom. The summed E-state index contributed by atoms with van der Waals surface area (Å²) in [5.74, 6) is 1.61. The van der Waals surface area contributed by atoms with Crippen molar-refractivity contribution in [2.75, 3.05) is 20.7 Å². The lowest BCUT2D eigenvalue weighted by atomic mass is 10.3. The third-order valence-electron chi connectivity index (χ3n) is 4.33. The SMILES string of the molecule is CN=C(NCc1ccn(-c2ccc(OC)cc2)n1)NCC(C)Oc1cccc(F)c1. The van der Waals surface area contributed by atoms with Gasteiger partial charge in [-0.15, -0.1) is 0 Å². The van der Waals surface area contributed by atoms with E-state index in [4.69, 9.17) is 9.47 Å². The fourth-order valence-electron chi connectivity index (χ4n) is 2.78. The van der Waals surface area contributed by atoms with Gasteiger partial charge in [-0.1, -0.05) is 6.07 Å². The number of halogens is 1. The summed E-state index contributed by atoms with van der Waals surface area (Å²) >= 11 is 0. The topological polar surface area (TPSA) is 72.7 Å². The molecule has 8 heteroatoms. The highest BCUT2D eigenvalue weighted by Gasteiger charge is 2.08. The summed E-state index contributed by atoms with van der Waals surface area (Å²) in [4.78, 5) is 4.21. The first-order valence-corrected chi connectivity index (χ1v) is 9.63. The van der Waals surface area contributed by atoms with Gasteiger partial charge in [0.15, 0.2) is 5.96 Å². The molecule has 7 nitrogen and oxygen atoms in total. The zero-order valence-electron chi connectivity index (χ0n) is 17.3. The van der Waals surface area contributed by atoms with Gasteiger partial charge in [-0.2, -0.15) is 5.10 Å². The summed E-state index contributed by atoms with van der Waals surface area (Å²) in [7, 11) is 3.34. The molecule has 0 fully saturated rings. The predicted molar refractivity (Wildman–Crippen MR) is 115 cm³/mol. The number of guanidine groups is 1. The minimum atomic E-state index is -0.320. The lowest BCUT2D eigenvalue weighted by molar-refractivity contribution is 0.223. The molecule has 0 radical (unpaired) electrons. The third kappa shape index (κ3) is 5.97. The molecule has 3 aromatic rings. The highest BCUT2D eigenvalue weighted by molar-refractivity contribution is 5.79. The number of benzene rings is 2. The van der Waals surface area contributed by atoms with Crippen molar-refractivity contribution in [1.82, 2.24) is 20.4 Å². The molecule has 1 unspecified atom stereocenters. The Bertz CT molecular complexity index is 972. The van der Waals surface area contributed by atoms with E-state index in [0.29, 0.717) is 24.8 Å². The van der Waals surface area contributed by atoms with Crippen LogP contribution in [0.5, 0.6) is 11.5 Å². The largest absolute Gasteiger partial charge is 0.497 e. The first-order valence-electron chi connectivity index (χ1n) is 9.63. The van der Waals surface area contributed by atoms with Crippen LogP contribution in [0, 0.1) is 5.82 Å². The maximum Gasteiger partial charge on any atom is 0.191 e. The molecule has 30 heavy (non-hydrogen) atoms. The van der Waals surface area contributed by atoms with Gasteiger partial charge in [0.25, 0.3) is 0 Å². The maximum absolute atomic E-state index is 13.3. The van der Waals surface area contributed by atoms with E-state index in [1.165, 1.54) is 12.1 Å². The second kappa shape index (κ2) is 10.3. The van der Waals surface area contributed by atoms with Gasteiger partial charge in [-0.25, -0.2) is 9.07 Å². The zero-order chi connectivity index (χ0) is 21.3. The molecule has 0 saturated heterocycles. The van der Waals surface area contributed by atoms with E-state index in [1.807, 2.05) is 48.1 Å². The number of rotatable bonds is 8. The van der Waals surface area contributed by atoms with E-state index >= 15 is 0 Å². The van der Waals surface area contributed by atoms with E-state index in [9.17, 15) is 4.39 Å². The van der Waals surface area contributed by atoms with Crippen molar-refractivity contribution in [3.8, 4) is 17.2 Å². The van der Waals surface area contributed by atoms with Gasteiger partial charge < -0.3 is 20.1 Å². The summed E-state index contributed by atoms with van der Waals surface area (Å²) in [5.41, 5.74) is 1.82. The lowest BCUT2D eigenvalue weighted by Gasteiger charge is -2.17. The molecule has 0 amide bonds. The van der Waals surface area contributed by atoms with Crippen LogP contribution in [-0.2, 0) is 6.54 Å².